The molecule has 2 aromatic heterocycles. The minimum absolute atomic E-state index is 0.00834. The third-order valence-corrected chi connectivity index (χ3v) is 4.82. The summed E-state index contributed by atoms with van der Waals surface area (Å²) in [4.78, 5) is 17.1. The van der Waals surface area contributed by atoms with Gasteiger partial charge in [-0.3, -0.25) is 9.48 Å². The van der Waals surface area contributed by atoms with Crippen LogP contribution in [0.1, 0.15) is 42.1 Å². The maximum Gasteiger partial charge on any atom is 0.387 e. The van der Waals surface area contributed by atoms with Gasteiger partial charge in [-0.05, 0) is 43.9 Å². The van der Waals surface area contributed by atoms with Gasteiger partial charge < -0.3 is 24.9 Å². The fraction of sp³-hybridized carbons (Fsp3) is 0.381. The second-order valence-corrected chi connectivity index (χ2v) is 7.64. The molecule has 0 spiro atoms. The number of hydrogen-bond donors (Lipinski definition) is 2. The molecule has 2 heterocycles. The van der Waals surface area contributed by atoms with Gasteiger partial charge in [-0.1, -0.05) is 0 Å². The van der Waals surface area contributed by atoms with Crippen molar-refractivity contribution in [3.63, 3.8) is 0 Å². The van der Waals surface area contributed by atoms with Crippen molar-refractivity contribution in [1.29, 1.82) is 0 Å². The van der Waals surface area contributed by atoms with Gasteiger partial charge >= 0.3 is 6.61 Å². The molecule has 1 unspecified atom stereocenters. The molecule has 0 radical (unpaired) electrons. The number of nitrogens with zero attached hydrogens (tertiary/aromatic N) is 3. The third-order valence-electron chi connectivity index (χ3n) is 4.82. The molecule has 3 N–H and O–H groups in total. The minimum atomic E-state index is -2.99. The first-order valence-corrected chi connectivity index (χ1v) is 10.1. The van der Waals surface area contributed by atoms with Crippen molar-refractivity contribution in [2.45, 2.75) is 32.4 Å². The van der Waals surface area contributed by atoms with Crippen molar-refractivity contribution in [2.24, 2.45) is 18.7 Å². The Morgan fingerprint density at radius 3 is 2.75 bits per heavy atom. The highest BCUT2D eigenvalue weighted by molar-refractivity contribution is 6.03. The number of amides is 1. The molecule has 3 aromatic rings. The van der Waals surface area contributed by atoms with Gasteiger partial charge in [0.1, 0.15) is 0 Å². The summed E-state index contributed by atoms with van der Waals surface area (Å²) >= 11 is 0. The van der Waals surface area contributed by atoms with Crippen LogP contribution in [0.2, 0.25) is 0 Å². The van der Waals surface area contributed by atoms with Gasteiger partial charge in [0.05, 0.1) is 12.6 Å². The predicted octanol–water partition coefficient (Wildman–Crippen LogP) is 3.74. The summed E-state index contributed by atoms with van der Waals surface area (Å²) in [5.41, 5.74) is 6.41. The molecule has 11 heteroatoms. The second kappa shape index (κ2) is 8.95. The summed E-state index contributed by atoms with van der Waals surface area (Å²) in [6.07, 6.45) is 3.76. The van der Waals surface area contributed by atoms with Crippen LogP contribution in [0.4, 0.5) is 14.6 Å². The van der Waals surface area contributed by atoms with Gasteiger partial charge in [0, 0.05) is 24.9 Å². The van der Waals surface area contributed by atoms with Crippen LogP contribution in [-0.4, -0.2) is 33.9 Å². The standard InChI is InChI=1S/C21H23F2N5O4/c1-11(24)18-17(19(29)25-16-7-8-28(2)27-16)26-20(32-18)13-5-6-14(31-21(22)23)15(9-13)30-10-12-3-4-12/h5-9,11-12,21H,3-4,10,24H2,1-2H3,(H,25,27,29). The first-order valence-electron chi connectivity index (χ1n) is 10.1. The lowest BCUT2D eigenvalue weighted by molar-refractivity contribution is -0.0515. The zero-order valence-electron chi connectivity index (χ0n) is 17.5. The number of ether oxygens (including phenoxy) is 2. The Bertz CT molecular complexity index is 1110. The molecule has 1 atom stereocenters. The zero-order chi connectivity index (χ0) is 22.8. The van der Waals surface area contributed by atoms with Gasteiger partial charge in [0.15, 0.2) is 28.8 Å². The molecular formula is C21H23F2N5O4. The quantitative estimate of drug-likeness (QED) is 0.513. The molecular weight excluding hydrogens is 424 g/mol. The van der Waals surface area contributed by atoms with Crippen molar-refractivity contribution in [3.8, 4) is 23.0 Å². The molecule has 170 valence electrons. The number of halogens is 2. The number of nitrogens with two attached hydrogens (primary N) is 1. The average molecular weight is 447 g/mol. The van der Waals surface area contributed by atoms with E-state index < -0.39 is 18.6 Å². The van der Waals surface area contributed by atoms with Crippen LogP contribution in [0.3, 0.4) is 0 Å². The number of alkyl halides is 2. The largest absolute Gasteiger partial charge is 0.489 e. The summed E-state index contributed by atoms with van der Waals surface area (Å²) in [5.74, 6) is 0.568. The van der Waals surface area contributed by atoms with E-state index in [1.54, 1.807) is 30.9 Å². The van der Waals surface area contributed by atoms with Gasteiger partial charge in [-0.15, -0.1) is 0 Å². The van der Waals surface area contributed by atoms with E-state index in [4.69, 9.17) is 14.9 Å². The molecule has 1 amide bonds. The van der Waals surface area contributed by atoms with Crippen molar-refractivity contribution >= 4 is 11.7 Å². The van der Waals surface area contributed by atoms with Crippen LogP contribution in [0.15, 0.2) is 34.9 Å². The first kappa shape index (κ1) is 21.8. The van der Waals surface area contributed by atoms with Crippen LogP contribution in [-0.2, 0) is 7.05 Å². The maximum absolute atomic E-state index is 12.8. The van der Waals surface area contributed by atoms with Crippen molar-refractivity contribution in [1.82, 2.24) is 14.8 Å². The average Bonchev–Trinajstić information content (AvgIpc) is 3.30. The highest BCUT2D eigenvalue weighted by Crippen LogP contribution is 2.37. The lowest BCUT2D eigenvalue weighted by Gasteiger charge is -2.12. The maximum atomic E-state index is 12.8. The molecule has 0 bridgehead atoms. The Morgan fingerprint density at radius 2 is 2.12 bits per heavy atom. The van der Waals surface area contributed by atoms with Crippen LogP contribution in [0.25, 0.3) is 11.5 Å². The molecule has 4 rings (SSSR count). The second-order valence-electron chi connectivity index (χ2n) is 7.64. The molecule has 1 aromatic carbocycles. The predicted molar refractivity (Wildman–Crippen MR) is 111 cm³/mol. The SMILES string of the molecule is CC(N)c1oc(-c2ccc(OC(F)F)c(OCC3CC3)c2)nc1C(=O)Nc1ccn(C)n1. The fourth-order valence-corrected chi connectivity index (χ4v) is 3.02. The van der Waals surface area contributed by atoms with E-state index in [9.17, 15) is 13.6 Å². The fourth-order valence-electron chi connectivity index (χ4n) is 3.02. The highest BCUT2D eigenvalue weighted by atomic mass is 19.3. The van der Waals surface area contributed by atoms with Crippen LogP contribution in [0.5, 0.6) is 11.5 Å². The zero-order valence-corrected chi connectivity index (χ0v) is 17.5. The lowest BCUT2D eigenvalue weighted by atomic mass is 10.2. The van der Waals surface area contributed by atoms with Gasteiger partial charge in [-0.25, -0.2) is 4.98 Å². The molecule has 1 aliphatic carbocycles. The molecule has 9 nitrogen and oxygen atoms in total. The van der Waals surface area contributed by atoms with Crippen LogP contribution >= 0.6 is 0 Å². The van der Waals surface area contributed by atoms with Gasteiger partial charge in [0.2, 0.25) is 5.89 Å². The number of hydrogen-bond acceptors (Lipinski definition) is 7. The van der Waals surface area contributed by atoms with E-state index in [1.165, 1.54) is 18.2 Å². The van der Waals surface area contributed by atoms with Crippen LogP contribution < -0.4 is 20.5 Å². The van der Waals surface area contributed by atoms with E-state index in [-0.39, 0.29) is 28.8 Å². The van der Waals surface area contributed by atoms with Crippen molar-refractivity contribution in [3.05, 3.63) is 41.9 Å². The number of benzene rings is 1. The summed E-state index contributed by atoms with van der Waals surface area (Å²) in [5, 5.41) is 6.75. The van der Waals surface area contributed by atoms with Crippen LogP contribution in [0, 0.1) is 5.92 Å². The number of carbonyl (C=O) groups is 1. The number of oxazole rings is 1. The number of aromatic nitrogens is 3. The Labute approximate surface area is 182 Å². The molecule has 1 aliphatic rings. The smallest absolute Gasteiger partial charge is 0.387 e. The van der Waals surface area contributed by atoms with E-state index in [0.29, 0.717) is 23.9 Å². The molecule has 0 saturated heterocycles. The Hall–Kier alpha value is -3.47. The first-order chi connectivity index (χ1) is 15.3. The Balaban J connectivity index is 1.63. The number of aryl methyl sites for hydroxylation is 1. The molecule has 1 fully saturated rings. The summed E-state index contributed by atoms with van der Waals surface area (Å²) < 4.78 is 43.1. The van der Waals surface area contributed by atoms with E-state index in [0.717, 1.165) is 12.8 Å². The minimum Gasteiger partial charge on any atom is -0.489 e. The van der Waals surface area contributed by atoms with Crippen molar-refractivity contribution in [2.75, 3.05) is 11.9 Å². The normalized spacial score (nSPS) is 14.4. The highest BCUT2D eigenvalue weighted by Gasteiger charge is 2.26. The number of rotatable bonds is 9. The number of carbonyl (C=O) groups excluding carboxylic acids is 1. The van der Waals surface area contributed by atoms with Gasteiger partial charge in [-0.2, -0.15) is 13.9 Å². The number of anilines is 1. The Morgan fingerprint density at radius 1 is 1.34 bits per heavy atom. The molecule has 1 saturated carbocycles. The molecule has 32 heavy (non-hydrogen) atoms. The van der Waals surface area contributed by atoms with E-state index >= 15 is 0 Å². The monoisotopic (exact) mass is 447 g/mol. The summed E-state index contributed by atoms with van der Waals surface area (Å²) in [7, 11) is 1.72. The van der Waals surface area contributed by atoms with E-state index in [1.807, 2.05) is 0 Å². The lowest BCUT2D eigenvalue weighted by Crippen LogP contribution is -2.17. The molecule has 0 aliphatic heterocycles. The van der Waals surface area contributed by atoms with Gasteiger partial charge in [0.25, 0.3) is 5.91 Å². The topological polar surface area (TPSA) is 117 Å². The van der Waals surface area contributed by atoms with E-state index in [2.05, 4.69) is 20.1 Å². The third kappa shape index (κ3) is 5.05. The Kier molecular flexibility index (Phi) is 6.08. The van der Waals surface area contributed by atoms with Crippen molar-refractivity contribution < 1.29 is 27.5 Å². The number of nitrogens with one attached hydrogen (secondary N) is 1. The summed E-state index contributed by atoms with van der Waals surface area (Å²) in [6, 6.07) is 5.37. The summed E-state index contributed by atoms with van der Waals surface area (Å²) in [6.45, 7) is -0.930.